The molecule has 0 aliphatic carbocycles. The van der Waals surface area contributed by atoms with E-state index in [0.29, 0.717) is 23.7 Å². The maximum Gasteiger partial charge on any atom is 0.0277 e. The van der Waals surface area contributed by atoms with Crippen molar-refractivity contribution in [1.82, 2.24) is 0 Å². The van der Waals surface area contributed by atoms with E-state index in [-0.39, 0.29) is 17.0 Å². The molecule has 4 N–H and O–H groups in total. The fourth-order valence-electron chi connectivity index (χ4n) is 4.78. The average molecular weight is 256 g/mol. The van der Waals surface area contributed by atoms with Crippen molar-refractivity contribution in [3.63, 3.8) is 0 Å². The summed E-state index contributed by atoms with van der Waals surface area (Å²) in [5.41, 5.74) is 13.1. The van der Waals surface area contributed by atoms with Crippen LogP contribution in [0.15, 0.2) is 0 Å². The first-order chi connectivity index (χ1) is 7.97. The van der Waals surface area contributed by atoms with Gasteiger partial charge in [0.15, 0.2) is 0 Å². The SMILES string of the molecule is CC(C)C(N)(C(C)C)C(C(C)C)(C(C)C)C(C)N. The highest BCUT2D eigenvalue weighted by molar-refractivity contribution is 5.12. The number of hydrogen-bond acceptors (Lipinski definition) is 2. The number of nitrogens with two attached hydrogens (primary N) is 2. The summed E-state index contributed by atoms with van der Waals surface area (Å²) in [6.07, 6.45) is 0. The van der Waals surface area contributed by atoms with E-state index >= 15 is 0 Å². The van der Waals surface area contributed by atoms with Crippen molar-refractivity contribution < 1.29 is 0 Å². The summed E-state index contributed by atoms with van der Waals surface area (Å²) in [6, 6.07) is 0.0901. The molecule has 0 fully saturated rings. The second kappa shape index (κ2) is 5.92. The monoisotopic (exact) mass is 256 g/mol. The van der Waals surface area contributed by atoms with Gasteiger partial charge in [0, 0.05) is 17.0 Å². The molecule has 0 aliphatic rings. The normalized spacial score (nSPS) is 16.2. The Morgan fingerprint density at radius 2 is 0.889 bits per heavy atom. The third-order valence-corrected chi connectivity index (χ3v) is 5.32. The highest BCUT2D eigenvalue weighted by Crippen LogP contribution is 2.52. The van der Waals surface area contributed by atoms with Crippen LogP contribution in [-0.4, -0.2) is 11.6 Å². The molecule has 0 amide bonds. The summed E-state index contributed by atoms with van der Waals surface area (Å²) in [7, 11) is 0. The van der Waals surface area contributed by atoms with Crippen LogP contribution in [0.5, 0.6) is 0 Å². The van der Waals surface area contributed by atoms with Crippen molar-refractivity contribution in [2.24, 2.45) is 40.6 Å². The van der Waals surface area contributed by atoms with E-state index in [1.807, 2.05) is 0 Å². The van der Waals surface area contributed by atoms with Crippen molar-refractivity contribution in [3.8, 4) is 0 Å². The first-order valence-electron chi connectivity index (χ1n) is 7.51. The summed E-state index contributed by atoms with van der Waals surface area (Å²) >= 11 is 0. The summed E-state index contributed by atoms with van der Waals surface area (Å²) < 4.78 is 0. The molecule has 2 heteroatoms. The molecule has 18 heavy (non-hydrogen) atoms. The second-order valence-corrected chi connectivity index (χ2v) is 7.27. The van der Waals surface area contributed by atoms with Gasteiger partial charge >= 0.3 is 0 Å². The standard InChI is InChI=1S/C16H36N2/c1-10(2)15(11(3)4,14(9)17)16(18,12(5)6)13(7)8/h10-14H,17-18H2,1-9H3. The van der Waals surface area contributed by atoms with Crippen LogP contribution in [0.25, 0.3) is 0 Å². The minimum Gasteiger partial charge on any atom is -0.327 e. The van der Waals surface area contributed by atoms with Crippen molar-refractivity contribution in [1.29, 1.82) is 0 Å². The molecule has 0 spiro atoms. The minimum absolute atomic E-state index is 0.0463. The molecule has 1 unspecified atom stereocenters. The van der Waals surface area contributed by atoms with Gasteiger partial charge in [0.2, 0.25) is 0 Å². The van der Waals surface area contributed by atoms with E-state index in [4.69, 9.17) is 11.5 Å². The van der Waals surface area contributed by atoms with E-state index in [1.54, 1.807) is 0 Å². The molecule has 0 aromatic rings. The topological polar surface area (TPSA) is 52.0 Å². The zero-order valence-corrected chi connectivity index (χ0v) is 14.0. The summed E-state index contributed by atoms with van der Waals surface area (Å²) in [5.74, 6) is 1.75. The molecule has 0 radical (unpaired) electrons. The van der Waals surface area contributed by atoms with Crippen molar-refractivity contribution in [3.05, 3.63) is 0 Å². The molecule has 110 valence electrons. The van der Waals surface area contributed by atoms with Crippen molar-refractivity contribution in [2.45, 2.75) is 73.9 Å². The fourth-order valence-corrected chi connectivity index (χ4v) is 4.78. The van der Waals surface area contributed by atoms with Crippen molar-refractivity contribution >= 4 is 0 Å². The van der Waals surface area contributed by atoms with E-state index in [0.717, 1.165) is 0 Å². The molecule has 0 bridgehead atoms. The van der Waals surface area contributed by atoms with Gasteiger partial charge in [-0.3, -0.25) is 0 Å². The lowest BCUT2D eigenvalue weighted by Crippen LogP contribution is -2.71. The molecule has 0 heterocycles. The third-order valence-electron chi connectivity index (χ3n) is 5.32. The lowest BCUT2D eigenvalue weighted by molar-refractivity contribution is -0.0641. The molecular weight excluding hydrogens is 220 g/mol. The maximum atomic E-state index is 6.99. The summed E-state index contributed by atoms with van der Waals surface area (Å²) in [6.45, 7) is 20.2. The minimum atomic E-state index is -0.247. The van der Waals surface area contributed by atoms with Gasteiger partial charge in [0.25, 0.3) is 0 Å². The van der Waals surface area contributed by atoms with E-state index < -0.39 is 0 Å². The first-order valence-corrected chi connectivity index (χ1v) is 7.51. The maximum absolute atomic E-state index is 6.99. The first kappa shape index (κ1) is 17.9. The smallest absolute Gasteiger partial charge is 0.0277 e. The van der Waals surface area contributed by atoms with Gasteiger partial charge in [-0.15, -0.1) is 0 Å². The van der Waals surface area contributed by atoms with Crippen LogP contribution in [0.2, 0.25) is 0 Å². The molecular formula is C16H36N2. The largest absolute Gasteiger partial charge is 0.327 e. The van der Waals surface area contributed by atoms with Gasteiger partial charge in [-0.2, -0.15) is 0 Å². The predicted molar refractivity (Wildman–Crippen MR) is 82.4 cm³/mol. The lowest BCUT2D eigenvalue weighted by atomic mass is 9.48. The predicted octanol–water partition coefficient (Wildman–Crippen LogP) is 3.64. The Balaban J connectivity index is 6.12. The van der Waals surface area contributed by atoms with Gasteiger partial charge in [0.05, 0.1) is 0 Å². The number of hydrogen-bond donors (Lipinski definition) is 2. The van der Waals surface area contributed by atoms with Crippen LogP contribution < -0.4 is 11.5 Å². The number of rotatable bonds is 6. The third kappa shape index (κ3) is 2.34. The van der Waals surface area contributed by atoms with E-state index in [9.17, 15) is 0 Å². The Hall–Kier alpha value is -0.0800. The zero-order chi connectivity index (χ0) is 14.9. The Morgan fingerprint density at radius 1 is 0.611 bits per heavy atom. The van der Waals surface area contributed by atoms with Gasteiger partial charge in [-0.1, -0.05) is 55.4 Å². The van der Waals surface area contributed by atoms with Gasteiger partial charge in [-0.05, 0) is 30.6 Å². The van der Waals surface area contributed by atoms with Crippen LogP contribution in [0, 0.1) is 29.1 Å². The molecule has 0 aliphatic heterocycles. The summed E-state index contributed by atoms with van der Waals surface area (Å²) in [5, 5.41) is 0. The Morgan fingerprint density at radius 3 is 0.944 bits per heavy atom. The molecule has 1 atom stereocenters. The van der Waals surface area contributed by atoms with Gasteiger partial charge in [-0.25, -0.2) is 0 Å². The molecule has 0 rings (SSSR count). The van der Waals surface area contributed by atoms with Crippen LogP contribution >= 0.6 is 0 Å². The second-order valence-electron chi connectivity index (χ2n) is 7.27. The van der Waals surface area contributed by atoms with E-state index in [1.165, 1.54) is 0 Å². The Labute approximate surface area is 115 Å². The van der Waals surface area contributed by atoms with Crippen LogP contribution in [-0.2, 0) is 0 Å². The van der Waals surface area contributed by atoms with Crippen LogP contribution in [0.3, 0.4) is 0 Å². The highest BCUT2D eigenvalue weighted by atomic mass is 14.9. The van der Waals surface area contributed by atoms with Gasteiger partial charge < -0.3 is 11.5 Å². The fraction of sp³-hybridized carbons (Fsp3) is 1.00. The highest BCUT2D eigenvalue weighted by Gasteiger charge is 2.57. The average Bonchev–Trinajstić information content (AvgIpc) is 2.15. The molecule has 0 saturated carbocycles. The molecule has 0 aromatic heterocycles. The molecule has 2 nitrogen and oxygen atoms in total. The molecule has 0 aromatic carbocycles. The Bertz CT molecular complexity index is 222. The van der Waals surface area contributed by atoms with Crippen LogP contribution in [0.1, 0.15) is 62.3 Å². The van der Waals surface area contributed by atoms with Gasteiger partial charge in [0.1, 0.15) is 0 Å². The summed E-state index contributed by atoms with van der Waals surface area (Å²) in [4.78, 5) is 0. The zero-order valence-electron chi connectivity index (χ0n) is 14.0. The lowest BCUT2D eigenvalue weighted by Gasteiger charge is -2.60. The Kier molecular flexibility index (Phi) is 5.89. The van der Waals surface area contributed by atoms with E-state index in [2.05, 4.69) is 62.3 Å². The van der Waals surface area contributed by atoms with Crippen molar-refractivity contribution in [2.75, 3.05) is 0 Å². The van der Waals surface area contributed by atoms with Crippen LogP contribution in [0.4, 0.5) is 0 Å². The quantitative estimate of drug-likeness (QED) is 0.762. The molecule has 0 saturated heterocycles.